The number of nitrogens with zero attached hydrogens (tertiary/aromatic N) is 1. The highest BCUT2D eigenvalue weighted by Crippen LogP contribution is 2.38. The first-order chi connectivity index (χ1) is 19.0. The normalized spacial score (nSPS) is 16.6. The summed E-state index contributed by atoms with van der Waals surface area (Å²) in [7, 11) is 0. The SMILES string of the molecule is O=C(NCCO)C(=O)NCC1Cc2cc(Cl)ccc2O1.O=[N+]([O-])c1ccc(NC2CCCCC2)cc1C(F)(F)F. The maximum Gasteiger partial charge on any atom is 0.423 e. The number of benzene rings is 2. The summed E-state index contributed by atoms with van der Waals surface area (Å²) < 4.78 is 44.1. The summed E-state index contributed by atoms with van der Waals surface area (Å²) in [5.41, 5.74) is -0.841. The second kappa shape index (κ2) is 14.2. The number of aliphatic hydroxyl groups is 1. The molecule has 1 saturated carbocycles. The molecule has 2 aromatic carbocycles. The first kappa shape index (κ1) is 31.0. The van der Waals surface area contributed by atoms with Gasteiger partial charge in [-0.1, -0.05) is 30.9 Å². The molecule has 1 heterocycles. The Morgan fingerprint density at radius 3 is 2.42 bits per heavy atom. The number of amides is 2. The number of carbonyl (C=O) groups is 2. The van der Waals surface area contributed by atoms with Crippen molar-refractivity contribution in [3.63, 3.8) is 0 Å². The van der Waals surface area contributed by atoms with Gasteiger partial charge in [-0.25, -0.2) is 0 Å². The van der Waals surface area contributed by atoms with E-state index in [1.807, 2.05) is 6.07 Å². The van der Waals surface area contributed by atoms with Crippen LogP contribution in [0.2, 0.25) is 5.02 Å². The Kier molecular flexibility index (Phi) is 11.0. The Morgan fingerprint density at radius 2 is 1.77 bits per heavy atom. The van der Waals surface area contributed by atoms with Gasteiger partial charge in [0.15, 0.2) is 0 Å². The Balaban J connectivity index is 0.000000220. The van der Waals surface area contributed by atoms with Crippen molar-refractivity contribution >= 4 is 34.8 Å². The molecule has 2 aliphatic rings. The highest BCUT2D eigenvalue weighted by molar-refractivity contribution is 6.35. The van der Waals surface area contributed by atoms with Gasteiger partial charge < -0.3 is 25.8 Å². The summed E-state index contributed by atoms with van der Waals surface area (Å²) >= 11 is 5.89. The van der Waals surface area contributed by atoms with Crippen LogP contribution in [-0.2, 0) is 22.2 Å². The van der Waals surface area contributed by atoms with E-state index >= 15 is 0 Å². The van der Waals surface area contributed by atoms with Gasteiger partial charge in [0.25, 0.3) is 5.69 Å². The number of carbonyl (C=O) groups excluding carboxylic acids is 2. The fourth-order valence-electron chi connectivity index (χ4n) is 4.43. The average Bonchev–Trinajstić information content (AvgIpc) is 3.32. The number of fused-ring (bicyclic) bond motifs is 1. The van der Waals surface area contributed by atoms with Crippen LogP contribution in [0.5, 0.6) is 5.75 Å². The third-order valence-electron chi connectivity index (χ3n) is 6.33. The second-order valence-electron chi connectivity index (χ2n) is 9.35. The molecule has 1 unspecified atom stereocenters. The molecule has 1 aliphatic carbocycles. The minimum Gasteiger partial charge on any atom is -0.488 e. The lowest BCUT2D eigenvalue weighted by Gasteiger charge is -2.24. The molecule has 1 aliphatic heterocycles. The molecule has 4 N–H and O–H groups in total. The zero-order valence-electron chi connectivity index (χ0n) is 21.4. The standard InChI is InChI=1S/C13H15ClN2O4.C13H15F3N2O2/c14-9-1-2-11-8(5-9)6-10(20-11)7-16-13(19)12(18)15-3-4-17;14-13(15,16)11-8-10(6-7-12(11)18(19)20)17-9-4-2-1-3-5-9/h1-2,5,10,17H,3-4,6-7H2,(H,15,18)(H,16,19);6-9,17H,1-5H2. The number of nitro groups is 1. The monoisotopic (exact) mass is 586 g/mol. The van der Waals surface area contributed by atoms with Gasteiger partial charge >= 0.3 is 18.0 Å². The molecule has 2 amide bonds. The molecular formula is C26H30ClF3N4O6. The molecule has 0 aromatic heterocycles. The quantitative estimate of drug-likeness (QED) is 0.216. The van der Waals surface area contributed by atoms with Gasteiger partial charge in [-0.3, -0.25) is 19.7 Å². The van der Waals surface area contributed by atoms with Crippen LogP contribution in [0, 0.1) is 10.1 Å². The third-order valence-corrected chi connectivity index (χ3v) is 6.57. The second-order valence-corrected chi connectivity index (χ2v) is 9.79. The number of aliphatic hydroxyl groups excluding tert-OH is 1. The van der Waals surface area contributed by atoms with Crippen molar-refractivity contribution in [3.05, 3.63) is 62.7 Å². The molecule has 0 spiro atoms. The third kappa shape index (κ3) is 8.98. The zero-order chi connectivity index (χ0) is 29.3. The number of halogens is 4. The van der Waals surface area contributed by atoms with Crippen molar-refractivity contribution in [1.82, 2.24) is 10.6 Å². The van der Waals surface area contributed by atoms with Crippen LogP contribution in [-0.4, -0.2) is 53.7 Å². The molecule has 4 rings (SSSR count). The van der Waals surface area contributed by atoms with Gasteiger partial charge in [-0.15, -0.1) is 0 Å². The number of hydrogen-bond acceptors (Lipinski definition) is 7. The Hall–Kier alpha value is -3.58. The minimum atomic E-state index is -4.73. The molecule has 0 bridgehead atoms. The van der Waals surface area contributed by atoms with Gasteiger partial charge in [0.1, 0.15) is 17.4 Å². The molecule has 14 heteroatoms. The largest absolute Gasteiger partial charge is 0.488 e. The number of nitro benzene ring substituents is 1. The maximum absolute atomic E-state index is 12.8. The van der Waals surface area contributed by atoms with E-state index in [9.17, 15) is 32.9 Å². The molecule has 0 saturated heterocycles. The molecule has 1 fully saturated rings. The van der Waals surface area contributed by atoms with E-state index in [0.717, 1.165) is 55.5 Å². The topological polar surface area (TPSA) is 143 Å². The number of ether oxygens (including phenoxy) is 1. The van der Waals surface area contributed by atoms with Gasteiger partial charge in [0.05, 0.1) is 18.1 Å². The van der Waals surface area contributed by atoms with E-state index in [1.165, 1.54) is 6.07 Å². The first-order valence-electron chi connectivity index (χ1n) is 12.7. The first-order valence-corrected chi connectivity index (χ1v) is 13.1. The zero-order valence-corrected chi connectivity index (χ0v) is 22.2. The van der Waals surface area contributed by atoms with Crippen LogP contribution in [0.25, 0.3) is 0 Å². The lowest BCUT2D eigenvalue weighted by atomic mass is 9.95. The predicted octanol–water partition coefficient (Wildman–Crippen LogP) is 4.23. The fraction of sp³-hybridized carbons (Fsp3) is 0.462. The summed E-state index contributed by atoms with van der Waals surface area (Å²) in [5.74, 6) is -0.757. The van der Waals surface area contributed by atoms with Gasteiger partial charge in [0.2, 0.25) is 0 Å². The lowest BCUT2D eigenvalue weighted by Crippen LogP contribution is -2.44. The van der Waals surface area contributed by atoms with Crippen LogP contribution in [0.3, 0.4) is 0 Å². The van der Waals surface area contributed by atoms with Gasteiger partial charge in [-0.05, 0) is 48.7 Å². The predicted molar refractivity (Wildman–Crippen MR) is 141 cm³/mol. The van der Waals surface area contributed by atoms with E-state index in [1.54, 1.807) is 12.1 Å². The molecule has 10 nitrogen and oxygen atoms in total. The lowest BCUT2D eigenvalue weighted by molar-refractivity contribution is -0.388. The van der Waals surface area contributed by atoms with Crippen LogP contribution in [0.1, 0.15) is 43.2 Å². The van der Waals surface area contributed by atoms with Crippen molar-refractivity contribution in [2.45, 2.75) is 56.8 Å². The van der Waals surface area contributed by atoms with Crippen LogP contribution >= 0.6 is 11.6 Å². The molecule has 218 valence electrons. The number of rotatable bonds is 7. The highest BCUT2D eigenvalue weighted by Gasteiger charge is 2.38. The number of nitrogens with one attached hydrogen (secondary N) is 3. The van der Waals surface area contributed by atoms with Crippen molar-refractivity contribution in [2.24, 2.45) is 0 Å². The molecule has 2 aromatic rings. The number of alkyl halides is 3. The highest BCUT2D eigenvalue weighted by atomic mass is 35.5. The van der Waals surface area contributed by atoms with E-state index in [0.29, 0.717) is 11.4 Å². The Labute approximate surface area is 233 Å². The number of hydrogen-bond donors (Lipinski definition) is 4. The summed E-state index contributed by atoms with van der Waals surface area (Å²) in [5, 5.41) is 27.6. The Bertz CT molecular complexity index is 1210. The fourth-order valence-corrected chi connectivity index (χ4v) is 4.63. The molecule has 1 atom stereocenters. The minimum absolute atomic E-state index is 0.0517. The van der Waals surface area contributed by atoms with Crippen LogP contribution < -0.4 is 20.7 Å². The van der Waals surface area contributed by atoms with Gasteiger partial charge in [-0.2, -0.15) is 13.2 Å². The average molecular weight is 587 g/mol. The van der Waals surface area contributed by atoms with E-state index in [4.69, 9.17) is 21.4 Å². The van der Waals surface area contributed by atoms with Crippen molar-refractivity contribution in [2.75, 3.05) is 25.0 Å². The van der Waals surface area contributed by atoms with E-state index < -0.39 is 34.2 Å². The molecule has 40 heavy (non-hydrogen) atoms. The maximum atomic E-state index is 12.8. The summed E-state index contributed by atoms with van der Waals surface area (Å²) in [6.45, 7) is 0.0780. The summed E-state index contributed by atoms with van der Waals surface area (Å²) in [4.78, 5) is 32.4. The summed E-state index contributed by atoms with van der Waals surface area (Å²) in [6, 6.07) is 8.57. The van der Waals surface area contributed by atoms with Crippen molar-refractivity contribution in [1.29, 1.82) is 0 Å². The van der Waals surface area contributed by atoms with E-state index in [2.05, 4.69) is 16.0 Å². The van der Waals surface area contributed by atoms with Crippen LogP contribution in [0.4, 0.5) is 24.5 Å². The van der Waals surface area contributed by atoms with Gasteiger partial charge in [0, 0.05) is 35.8 Å². The number of anilines is 1. The van der Waals surface area contributed by atoms with Crippen molar-refractivity contribution < 1.29 is 37.5 Å². The molecular weight excluding hydrogens is 557 g/mol. The van der Waals surface area contributed by atoms with Crippen LogP contribution in [0.15, 0.2) is 36.4 Å². The smallest absolute Gasteiger partial charge is 0.423 e. The molecule has 0 radical (unpaired) electrons. The Morgan fingerprint density at radius 1 is 1.07 bits per heavy atom. The van der Waals surface area contributed by atoms with Crippen molar-refractivity contribution in [3.8, 4) is 5.75 Å². The van der Waals surface area contributed by atoms with E-state index in [-0.39, 0.29) is 37.5 Å². The summed E-state index contributed by atoms with van der Waals surface area (Å²) in [6.07, 6.45) is 0.774.